The summed E-state index contributed by atoms with van der Waals surface area (Å²) < 4.78 is 2.62. The van der Waals surface area contributed by atoms with E-state index in [1.807, 2.05) is 0 Å². The van der Waals surface area contributed by atoms with E-state index < -0.39 is 0 Å². The fourth-order valence-corrected chi connectivity index (χ4v) is 11.5. The zero-order valence-electron chi connectivity index (χ0n) is 36.5. The van der Waals surface area contributed by atoms with Gasteiger partial charge in [-0.05, 0) is 133 Å². The second-order valence-corrected chi connectivity index (χ2v) is 19.5. The third-order valence-electron chi connectivity index (χ3n) is 14.8. The van der Waals surface area contributed by atoms with Crippen LogP contribution in [-0.2, 0) is 16.2 Å². The average Bonchev–Trinajstić information content (AvgIpc) is 3.72. The number of allylic oxidation sites excluding steroid dienone is 8. The van der Waals surface area contributed by atoms with Crippen LogP contribution in [0, 0.1) is 0 Å². The molecule has 0 fully saturated rings. The maximum Gasteiger partial charge on any atom is 0.0582 e. The lowest BCUT2D eigenvalue weighted by Gasteiger charge is -2.42. The van der Waals surface area contributed by atoms with Crippen LogP contribution in [0.2, 0.25) is 0 Å². The molecule has 300 valence electrons. The molecule has 0 unspecified atom stereocenters. The van der Waals surface area contributed by atoms with E-state index in [1.165, 1.54) is 93.9 Å². The molecular weight excluding hydrogens is 749 g/mol. The van der Waals surface area contributed by atoms with Crippen molar-refractivity contribution in [2.45, 2.75) is 64.2 Å². The van der Waals surface area contributed by atoms with Crippen molar-refractivity contribution in [2.24, 2.45) is 0 Å². The highest BCUT2D eigenvalue weighted by atomic mass is 15.1. The molecule has 12 rings (SSSR count). The van der Waals surface area contributed by atoms with Gasteiger partial charge in [0, 0.05) is 44.1 Å². The normalized spacial score (nSPS) is 18.7. The third kappa shape index (κ3) is 5.04. The summed E-state index contributed by atoms with van der Waals surface area (Å²) >= 11 is 0. The number of aromatic nitrogens is 1. The Balaban J connectivity index is 1.01. The van der Waals surface area contributed by atoms with Crippen molar-refractivity contribution in [3.63, 3.8) is 0 Å². The number of rotatable bonds is 4. The van der Waals surface area contributed by atoms with E-state index in [4.69, 9.17) is 0 Å². The van der Waals surface area contributed by atoms with Crippen LogP contribution in [0.4, 0.5) is 11.4 Å². The Morgan fingerprint density at radius 3 is 1.97 bits per heavy atom. The fourth-order valence-electron chi connectivity index (χ4n) is 11.5. The quantitative estimate of drug-likeness (QED) is 0.172. The van der Waals surface area contributed by atoms with E-state index in [0.29, 0.717) is 0 Å². The molecule has 0 amide bonds. The highest BCUT2D eigenvalue weighted by molar-refractivity contribution is 6.15. The Morgan fingerprint density at radius 2 is 1.15 bits per heavy atom. The van der Waals surface area contributed by atoms with Crippen molar-refractivity contribution in [1.82, 2.24) is 4.57 Å². The predicted octanol–water partition coefficient (Wildman–Crippen LogP) is 15.8. The van der Waals surface area contributed by atoms with Gasteiger partial charge in [0.1, 0.15) is 0 Å². The molecule has 0 atom stereocenters. The number of anilines is 2. The van der Waals surface area contributed by atoms with E-state index in [0.717, 1.165) is 29.1 Å². The number of benzene rings is 7. The first-order chi connectivity index (χ1) is 29.9. The second kappa shape index (κ2) is 12.8. The van der Waals surface area contributed by atoms with Gasteiger partial charge in [0.05, 0.1) is 16.7 Å². The van der Waals surface area contributed by atoms with Gasteiger partial charge in [-0.25, -0.2) is 0 Å². The van der Waals surface area contributed by atoms with Crippen molar-refractivity contribution in [1.29, 1.82) is 0 Å². The predicted molar refractivity (Wildman–Crippen MR) is 263 cm³/mol. The van der Waals surface area contributed by atoms with E-state index in [-0.39, 0.29) is 16.2 Å². The van der Waals surface area contributed by atoms with Gasteiger partial charge in [0.15, 0.2) is 0 Å². The zero-order chi connectivity index (χ0) is 42.3. The minimum atomic E-state index is -0.230. The topological polar surface area (TPSA) is 8.17 Å². The molecule has 8 aromatic rings. The van der Waals surface area contributed by atoms with Crippen LogP contribution in [0.1, 0.15) is 81.3 Å². The van der Waals surface area contributed by atoms with Crippen molar-refractivity contribution in [2.75, 3.05) is 4.90 Å². The van der Waals surface area contributed by atoms with Crippen LogP contribution >= 0.6 is 0 Å². The number of hydrogen-bond donors (Lipinski definition) is 0. The summed E-state index contributed by atoms with van der Waals surface area (Å²) in [5, 5.41) is 5.14. The van der Waals surface area contributed by atoms with Crippen molar-refractivity contribution >= 4 is 44.0 Å². The number of hydrogen-bond acceptors (Lipinski definition) is 1. The maximum atomic E-state index is 4.42. The third-order valence-corrected chi connectivity index (χ3v) is 14.8. The second-order valence-electron chi connectivity index (χ2n) is 19.5. The Hall–Kier alpha value is -6.90. The molecule has 0 bridgehead atoms. The highest BCUT2D eigenvalue weighted by Crippen LogP contribution is 2.57. The zero-order valence-corrected chi connectivity index (χ0v) is 36.5. The Bertz CT molecular complexity index is 3420. The minimum absolute atomic E-state index is 0.0936. The van der Waals surface area contributed by atoms with E-state index in [2.05, 4.69) is 228 Å². The number of para-hydroxylation sites is 2. The van der Waals surface area contributed by atoms with Crippen LogP contribution < -0.4 is 4.90 Å². The molecule has 0 radical (unpaired) electrons. The summed E-state index contributed by atoms with van der Waals surface area (Å²) in [5.41, 5.74) is 21.4. The lowest BCUT2D eigenvalue weighted by molar-refractivity contribution is 0.594. The molecule has 0 saturated carbocycles. The summed E-state index contributed by atoms with van der Waals surface area (Å²) in [7, 11) is 0. The van der Waals surface area contributed by atoms with Gasteiger partial charge in [-0.1, -0.05) is 163 Å². The fraction of sp³-hybridized carbons (Fsp3) is 0.167. The van der Waals surface area contributed by atoms with Gasteiger partial charge in [-0.2, -0.15) is 0 Å². The van der Waals surface area contributed by atoms with Crippen LogP contribution in [0.5, 0.6) is 0 Å². The van der Waals surface area contributed by atoms with Crippen molar-refractivity contribution in [3.8, 4) is 27.9 Å². The molecule has 2 aliphatic heterocycles. The van der Waals surface area contributed by atoms with Crippen LogP contribution in [0.15, 0.2) is 188 Å². The van der Waals surface area contributed by atoms with Gasteiger partial charge >= 0.3 is 0 Å². The molecule has 2 heteroatoms. The molecule has 2 nitrogen and oxygen atoms in total. The monoisotopic (exact) mass is 798 g/mol. The summed E-state index contributed by atoms with van der Waals surface area (Å²) in [6, 6.07) is 48.8. The van der Waals surface area contributed by atoms with Gasteiger partial charge in [-0.15, -0.1) is 0 Å². The summed E-state index contributed by atoms with van der Waals surface area (Å²) in [6.45, 7) is 18.9. The minimum Gasteiger partial charge on any atom is -0.310 e. The van der Waals surface area contributed by atoms with Crippen molar-refractivity contribution in [3.05, 3.63) is 221 Å². The molecule has 2 aliphatic carbocycles. The lowest BCUT2D eigenvalue weighted by atomic mass is 9.68. The maximum absolute atomic E-state index is 4.42. The van der Waals surface area contributed by atoms with E-state index >= 15 is 0 Å². The lowest BCUT2D eigenvalue weighted by Crippen LogP contribution is -2.33. The van der Waals surface area contributed by atoms with Crippen LogP contribution in [0.25, 0.3) is 60.5 Å². The molecule has 62 heavy (non-hydrogen) atoms. The first-order valence-corrected chi connectivity index (χ1v) is 22.2. The summed E-state index contributed by atoms with van der Waals surface area (Å²) in [5.74, 6) is 0. The number of fused-ring (bicyclic) bond motifs is 5. The molecule has 3 heterocycles. The smallest absolute Gasteiger partial charge is 0.0582 e. The Kier molecular flexibility index (Phi) is 7.63. The van der Waals surface area contributed by atoms with Gasteiger partial charge < -0.3 is 9.47 Å². The first kappa shape index (κ1) is 36.9. The molecule has 1 aromatic heterocycles. The van der Waals surface area contributed by atoms with Gasteiger partial charge in [0.25, 0.3) is 0 Å². The Labute approximate surface area is 365 Å². The molecule has 7 aromatic carbocycles. The summed E-state index contributed by atoms with van der Waals surface area (Å²) in [4.78, 5) is 2.40. The largest absolute Gasteiger partial charge is 0.310 e. The average molecular weight is 799 g/mol. The highest BCUT2D eigenvalue weighted by Gasteiger charge is 2.43. The number of nitrogens with zero attached hydrogens (tertiary/aromatic N) is 2. The molecule has 0 spiro atoms. The molecule has 0 N–H and O–H groups in total. The van der Waals surface area contributed by atoms with Crippen LogP contribution in [-0.4, -0.2) is 4.57 Å². The van der Waals surface area contributed by atoms with E-state index in [1.54, 1.807) is 0 Å². The SMILES string of the molecule is C=C1C=C(N(c2ccc3c(c2)C(C)(C)c2cc(-c4cc5c6c(c4)c4cccc7c4n6-c4c(cccc4C5(C)C)C7(C)C)ccc2-3)c2ccc3ccccc3c2)/C=C\C/C=C\C=C/1. The standard InChI is InChI=1S/C60H50N2/c1-37-17-11-9-8-10-12-20-42(31-37)61(43-27-25-38-18-13-14-19-39(38)32-43)44-28-30-46-45-29-26-40(34-52(45)60(6,7)53(46)36-44)41-33-48-47-21-15-22-49-55(47)62-56(48)54(35-41)59(4,5)51-24-16-23-50(57(51)62)58(49,2)3/h8-9,11-36H,1,10H2,2-7H3/b9-8-,17-11-,20-12-,42-31?. The van der Waals surface area contributed by atoms with Crippen LogP contribution in [0.3, 0.4) is 0 Å². The van der Waals surface area contributed by atoms with E-state index in [9.17, 15) is 0 Å². The summed E-state index contributed by atoms with van der Waals surface area (Å²) in [6.07, 6.45) is 16.0. The van der Waals surface area contributed by atoms with Gasteiger partial charge in [-0.3, -0.25) is 0 Å². The first-order valence-electron chi connectivity index (χ1n) is 22.2. The van der Waals surface area contributed by atoms with Crippen molar-refractivity contribution < 1.29 is 0 Å². The molecule has 4 aliphatic rings. The van der Waals surface area contributed by atoms with Gasteiger partial charge in [0.2, 0.25) is 0 Å². The molecular formula is C60H50N2. The molecule has 0 saturated heterocycles. The Morgan fingerprint density at radius 1 is 0.500 bits per heavy atom.